The van der Waals surface area contributed by atoms with Crippen molar-refractivity contribution in [2.75, 3.05) is 32.5 Å². The number of piperidine rings is 1. The van der Waals surface area contributed by atoms with Crippen LogP contribution < -0.4 is 0 Å². The van der Waals surface area contributed by atoms with Crippen molar-refractivity contribution in [3.8, 4) is 0 Å². The molecule has 0 saturated carbocycles. The van der Waals surface area contributed by atoms with Gasteiger partial charge in [0, 0.05) is 42.8 Å². The fourth-order valence-corrected chi connectivity index (χ4v) is 5.30. The second kappa shape index (κ2) is 8.73. The Morgan fingerprint density at radius 3 is 2.71 bits per heavy atom. The van der Waals surface area contributed by atoms with Gasteiger partial charge in [-0.3, -0.25) is 0 Å². The van der Waals surface area contributed by atoms with Crippen LogP contribution in [0.3, 0.4) is 0 Å². The zero-order valence-electron chi connectivity index (χ0n) is 16.8. The van der Waals surface area contributed by atoms with Crippen molar-refractivity contribution in [2.24, 2.45) is 0 Å². The van der Waals surface area contributed by atoms with Crippen molar-refractivity contribution in [2.45, 2.75) is 36.7 Å². The number of rotatable bonds is 7. The molecule has 0 bridgehead atoms. The fourth-order valence-electron chi connectivity index (χ4n) is 4.02. The van der Waals surface area contributed by atoms with Crippen molar-refractivity contribution in [1.29, 1.82) is 0 Å². The van der Waals surface area contributed by atoms with Crippen LogP contribution in [0.5, 0.6) is 0 Å². The lowest BCUT2D eigenvalue weighted by Crippen LogP contribution is -2.47. The third-order valence-corrected chi connectivity index (χ3v) is 7.21. The van der Waals surface area contributed by atoms with Crippen LogP contribution in [0, 0.1) is 6.92 Å². The van der Waals surface area contributed by atoms with E-state index in [1.165, 1.54) is 21.4 Å². The number of hydrogen-bond donors (Lipinski definition) is 0. The number of benzene rings is 2. The molecule has 0 spiro atoms. The molecule has 1 fully saturated rings. The van der Waals surface area contributed by atoms with Gasteiger partial charge in [0.2, 0.25) is 0 Å². The fraction of sp³-hybridized carbons (Fsp3) is 0.417. The Labute approximate surface area is 172 Å². The first-order chi connectivity index (χ1) is 13.7. The molecule has 0 atom stereocenters. The van der Waals surface area contributed by atoms with Gasteiger partial charge in [0.1, 0.15) is 5.58 Å². The maximum Gasteiger partial charge on any atom is 0.134 e. The number of nitrogens with zero attached hydrogens (tertiary/aromatic N) is 1. The van der Waals surface area contributed by atoms with Gasteiger partial charge in [-0.15, -0.1) is 11.8 Å². The van der Waals surface area contributed by atoms with E-state index in [0.717, 1.165) is 50.2 Å². The maximum absolute atomic E-state index is 6.02. The molecule has 2 heterocycles. The highest BCUT2D eigenvalue weighted by atomic mass is 32.2. The molecule has 1 saturated heterocycles. The minimum Gasteiger partial charge on any atom is -0.464 e. The van der Waals surface area contributed by atoms with Gasteiger partial charge in [0.05, 0.1) is 11.9 Å². The van der Waals surface area contributed by atoms with Crippen molar-refractivity contribution in [1.82, 2.24) is 4.90 Å². The molecular weight excluding hydrogens is 366 g/mol. The Morgan fingerprint density at radius 2 is 1.93 bits per heavy atom. The lowest BCUT2D eigenvalue weighted by Gasteiger charge is -2.40. The van der Waals surface area contributed by atoms with E-state index in [-0.39, 0.29) is 5.60 Å². The summed E-state index contributed by atoms with van der Waals surface area (Å²) in [6, 6.07) is 17.1. The summed E-state index contributed by atoms with van der Waals surface area (Å²) < 4.78 is 11.7. The lowest BCUT2D eigenvalue weighted by molar-refractivity contribution is -0.0385. The van der Waals surface area contributed by atoms with Gasteiger partial charge >= 0.3 is 0 Å². The molecule has 1 aliphatic rings. The van der Waals surface area contributed by atoms with Gasteiger partial charge in [-0.05, 0) is 49.9 Å². The quantitative estimate of drug-likeness (QED) is 0.489. The van der Waals surface area contributed by atoms with Gasteiger partial charge in [0.15, 0.2) is 0 Å². The Hall–Kier alpha value is -1.75. The zero-order valence-corrected chi connectivity index (χ0v) is 17.6. The predicted octanol–water partition coefficient (Wildman–Crippen LogP) is 5.56. The average Bonchev–Trinajstić information content (AvgIpc) is 3.15. The van der Waals surface area contributed by atoms with E-state index in [4.69, 9.17) is 9.15 Å². The zero-order chi connectivity index (χ0) is 19.4. The van der Waals surface area contributed by atoms with Crippen LogP contribution in [0.15, 0.2) is 64.1 Å². The van der Waals surface area contributed by atoms with Crippen LogP contribution in [-0.2, 0) is 11.2 Å². The first-order valence-electron chi connectivity index (χ1n) is 10.1. The summed E-state index contributed by atoms with van der Waals surface area (Å²) in [5, 5.41) is 1.25. The summed E-state index contributed by atoms with van der Waals surface area (Å²) in [6.07, 6.45) is 5.14. The number of fused-ring (bicyclic) bond motifs is 1. The molecule has 1 aromatic heterocycles. The number of hydrogen-bond acceptors (Lipinski definition) is 4. The van der Waals surface area contributed by atoms with E-state index in [9.17, 15) is 0 Å². The summed E-state index contributed by atoms with van der Waals surface area (Å²) in [6.45, 7) is 5.42. The van der Waals surface area contributed by atoms with E-state index >= 15 is 0 Å². The van der Waals surface area contributed by atoms with Crippen LogP contribution in [0.25, 0.3) is 11.0 Å². The summed E-state index contributed by atoms with van der Waals surface area (Å²) in [4.78, 5) is 3.90. The monoisotopic (exact) mass is 395 g/mol. The number of methoxy groups -OCH3 is 1. The normalized spacial score (nSPS) is 17.2. The van der Waals surface area contributed by atoms with Crippen LogP contribution in [0.2, 0.25) is 0 Å². The maximum atomic E-state index is 6.02. The van der Waals surface area contributed by atoms with E-state index in [0.29, 0.717) is 0 Å². The van der Waals surface area contributed by atoms with Crippen molar-refractivity contribution >= 4 is 22.7 Å². The Bertz CT molecular complexity index is 912. The minimum absolute atomic E-state index is 0.00670. The smallest absolute Gasteiger partial charge is 0.134 e. The van der Waals surface area contributed by atoms with Gasteiger partial charge < -0.3 is 14.1 Å². The molecule has 28 heavy (non-hydrogen) atoms. The number of likely N-dealkylation sites (tertiary alicyclic amines) is 1. The van der Waals surface area contributed by atoms with Crippen LogP contribution in [-0.4, -0.2) is 43.0 Å². The Kier molecular flexibility index (Phi) is 6.10. The molecule has 148 valence electrons. The largest absolute Gasteiger partial charge is 0.464 e. The van der Waals surface area contributed by atoms with E-state index in [1.54, 1.807) is 0 Å². The average molecular weight is 396 g/mol. The third-order valence-electron chi connectivity index (χ3n) is 5.95. The topological polar surface area (TPSA) is 25.6 Å². The summed E-state index contributed by atoms with van der Waals surface area (Å²) >= 11 is 1.92. The molecular formula is C24H29NO2S. The van der Waals surface area contributed by atoms with E-state index in [2.05, 4.69) is 48.2 Å². The van der Waals surface area contributed by atoms with Crippen LogP contribution in [0.1, 0.15) is 24.0 Å². The number of ether oxygens (including phenoxy) is 1. The summed E-state index contributed by atoms with van der Waals surface area (Å²) in [5.74, 6) is 1.02. The predicted molar refractivity (Wildman–Crippen MR) is 117 cm³/mol. The standard InChI is InChI=1S/C24H29NO2S/c1-19-6-5-7-21(16-19)28-18-24(26-2)11-14-25(15-12-24)13-10-20-17-27-23-9-4-3-8-22(20)23/h3-9,16-17H,10-15,18H2,1-2H3. The third kappa shape index (κ3) is 4.45. The molecule has 3 nitrogen and oxygen atoms in total. The number of aryl methyl sites for hydroxylation is 1. The highest BCUT2D eigenvalue weighted by molar-refractivity contribution is 7.99. The van der Waals surface area contributed by atoms with Gasteiger partial charge in [-0.2, -0.15) is 0 Å². The number of para-hydroxylation sites is 1. The van der Waals surface area contributed by atoms with Crippen molar-refractivity contribution in [3.05, 3.63) is 65.9 Å². The second-order valence-electron chi connectivity index (χ2n) is 7.84. The molecule has 0 unspecified atom stereocenters. The Morgan fingerprint density at radius 1 is 1.11 bits per heavy atom. The van der Waals surface area contributed by atoms with Crippen molar-refractivity contribution in [3.63, 3.8) is 0 Å². The molecule has 1 aliphatic heterocycles. The molecule has 3 aromatic rings. The highest BCUT2D eigenvalue weighted by Crippen LogP contribution is 2.33. The minimum atomic E-state index is -0.00670. The van der Waals surface area contributed by atoms with Gasteiger partial charge in [-0.1, -0.05) is 35.9 Å². The summed E-state index contributed by atoms with van der Waals surface area (Å²) in [7, 11) is 1.88. The molecule has 4 heteroatoms. The van der Waals surface area contributed by atoms with Gasteiger partial charge in [0.25, 0.3) is 0 Å². The summed E-state index contributed by atoms with van der Waals surface area (Å²) in [5.41, 5.74) is 3.61. The molecule has 2 aromatic carbocycles. The molecule has 0 N–H and O–H groups in total. The van der Waals surface area contributed by atoms with E-state index in [1.807, 2.05) is 37.3 Å². The first kappa shape index (κ1) is 19.6. The van der Waals surface area contributed by atoms with Crippen LogP contribution in [0.4, 0.5) is 0 Å². The van der Waals surface area contributed by atoms with E-state index < -0.39 is 0 Å². The molecule has 0 amide bonds. The Balaban J connectivity index is 1.30. The van der Waals surface area contributed by atoms with Gasteiger partial charge in [-0.25, -0.2) is 0 Å². The van der Waals surface area contributed by atoms with Crippen LogP contribution >= 0.6 is 11.8 Å². The number of thioether (sulfide) groups is 1. The first-order valence-corrected chi connectivity index (χ1v) is 11.1. The molecule has 0 aliphatic carbocycles. The lowest BCUT2D eigenvalue weighted by atomic mass is 9.93. The number of furan rings is 1. The van der Waals surface area contributed by atoms with Crippen molar-refractivity contribution < 1.29 is 9.15 Å². The molecule has 0 radical (unpaired) electrons. The molecule has 4 rings (SSSR count). The highest BCUT2D eigenvalue weighted by Gasteiger charge is 2.34. The second-order valence-corrected chi connectivity index (χ2v) is 8.89. The SMILES string of the molecule is COC1(CSc2cccc(C)c2)CCN(CCc2coc3ccccc23)CC1.